The first-order chi connectivity index (χ1) is 8.15. The molecule has 3 heteroatoms. The van der Waals surface area contributed by atoms with Crippen LogP contribution < -0.4 is 11.1 Å². The number of aryl methyl sites for hydroxylation is 1. The van der Waals surface area contributed by atoms with Crippen LogP contribution >= 0.6 is 0 Å². The smallest absolute Gasteiger partial charge is 0.0576 e. The summed E-state index contributed by atoms with van der Waals surface area (Å²) in [5.41, 5.74) is 9.54. The van der Waals surface area contributed by atoms with Gasteiger partial charge in [0.1, 0.15) is 0 Å². The van der Waals surface area contributed by atoms with E-state index in [1.54, 1.807) is 7.11 Å². The topological polar surface area (TPSA) is 47.3 Å². The van der Waals surface area contributed by atoms with Crippen molar-refractivity contribution in [2.45, 2.75) is 26.2 Å². The number of rotatable bonds is 6. The molecule has 1 saturated carbocycles. The zero-order valence-corrected chi connectivity index (χ0v) is 10.8. The Morgan fingerprint density at radius 3 is 2.82 bits per heavy atom. The highest BCUT2D eigenvalue weighted by atomic mass is 16.5. The molecule has 1 aliphatic rings. The number of hydrogen-bond donors (Lipinski definition) is 2. The third-order valence-electron chi connectivity index (χ3n) is 3.66. The maximum absolute atomic E-state index is 5.95. The molecule has 2 rings (SSSR count). The zero-order chi connectivity index (χ0) is 12.3. The van der Waals surface area contributed by atoms with Crippen molar-refractivity contribution in [1.82, 2.24) is 0 Å². The number of methoxy groups -OCH3 is 1. The fourth-order valence-electron chi connectivity index (χ4n) is 2.12. The van der Waals surface area contributed by atoms with Gasteiger partial charge in [-0.1, -0.05) is 6.07 Å². The Labute approximate surface area is 103 Å². The van der Waals surface area contributed by atoms with Gasteiger partial charge in [-0.15, -0.1) is 0 Å². The average molecular weight is 234 g/mol. The van der Waals surface area contributed by atoms with Gasteiger partial charge in [-0.2, -0.15) is 0 Å². The number of anilines is 2. The molecule has 0 bridgehead atoms. The Morgan fingerprint density at radius 1 is 1.41 bits per heavy atom. The summed E-state index contributed by atoms with van der Waals surface area (Å²) in [4.78, 5) is 0. The quantitative estimate of drug-likeness (QED) is 0.744. The van der Waals surface area contributed by atoms with Gasteiger partial charge in [0.15, 0.2) is 0 Å². The van der Waals surface area contributed by atoms with Gasteiger partial charge >= 0.3 is 0 Å². The fraction of sp³-hybridized carbons (Fsp3) is 0.571. The highest BCUT2D eigenvalue weighted by molar-refractivity contribution is 5.67. The highest BCUT2D eigenvalue weighted by Gasteiger charge is 2.41. The second-order valence-electron chi connectivity index (χ2n) is 5.19. The van der Waals surface area contributed by atoms with Crippen molar-refractivity contribution < 1.29 is 4.74 Å². The molecule has 1 aromatic carbocycles. The number of nitrogens with two attached hydrogens (primary N) is 1. The van der Waals surface area contributed by atoms with Gasteiger partial charge in [-0.05, 0) is 49.3 Å². The third kappa shape index (κ3) is 3.13. The minimum Gasteiger partial charge on any atom is -0.397 e. The summed E-state index contributed by atoms with van der Waals surface area (Å²) in [7, 11) is 1.77. The van der Waals surface area contributed by atoms with Crippen LogP contribution in [0.5, 0.6) is 0 Å². The molecule has 1 fully saturated rings. The van der Waals surface area contributed by atoms with E-state index in [0.29, 0.717) is 5.41 Å². The van der Waals surface area contributed by atoms with Gasteiger partial charge in [-0.25, -0.2) is 0 Å². The predicted molar refractivity (Wildman–Crippen MR) is 72.2 cm³/mol. The van der Waals surface area contributed by atoms with Gasteiger partial charge in [0.2, 0.25) is 0 Å². The molecule has 3 N–H and O–H groups in total. The van der Waals surface area contributed by atoms with E-state index in [9.17, 15) is 0 Å². The Balaban J connectivity index is 1.91. The van der Waals surface area contributed by atoms with Gasteiger partial charge in [0.25, 0.3) is 0 Å². The van der Waals surface area contributed by atoms with Crippen molar-refractivity contribution >= 4 is 11.4 Å². The van der Waals surface area contributed by atoms with E-state index in [4.69, 9.17) is 10.5 Å². The molecule has 0 aromatic heterocycles. The van der Waals surface area contributed by atoms with Gasteiger partial charge in [-0.3, -0.25) is 0 Å². The number of nitrogen functional groups attached to an aromatic ring is 1. The molecule has 0 heterocycles. The summed E-state index contributed by atoms with van der Waals surface area (Å²) in [5, 5.41) is 3.48. The molecular formula is C14H22N2O. The zero-order valence-electron chi connectivity index (χ0n) is 10.8. The number of nitrogens with one attached hydrogen (secondary N) is 1. The van der Waals surface area contributed by atoms with E-state index in [1.807, 2.05) is 12.1 Å². The molecule has 17 heavy (non-hydrogen) atoms. The van der Waals surface area contributed by atoms with Crippen LogP contribution in [0.4, 0.5) is 11.4 Å². The van der Waals surface area contributed by atoms with Crippen molar-refractivity contribution in [1.29, 1.82) is 0 Å². The van der Waals surface area contributed by atoms with Crippen LogP contribution in [0.3, 0.4) is 0 Å². The standard InChI is InChI=1S/C14H22N2O/c1-11-3-4-12(15)13(9-11)16-10-14(5-6-14)7-8-17-2/h3-4,9,16H,5-8,10,15H2,1-2H3. The van der Waals surface area contributed by atoms with Crippen LogP contribution in [-0.2, 0) is 4.74 Å². The molecular weight excluding hydrogens is 212 g/mol. The average Bonchev–Trinajstić information content (AvgIpc) is 3.09. The molecule has 1 aromatic rings. The van der Waals surface area contributed by atoms with Crippen LogP contribution in [0.2, 0.25) is 0 Å². The van der Waals surface area contributed by atoms with Crippen LogP contribution in [0, 0.1) is 12.3 Å². The molecule has 0 atom stereocenters. The summed E-state index contributed by atoms with van der Waals surface area (Å²) in [5.74, 6) is 0. The van der Waals surface area contributed by atoms with Crippen molar-refractivity contribution in [2.24, 2.45) is 5.41 Å². The summed E-state index contributed by atoms with van der Waals surface area (Å²) in [6, 6.07) is 6.12. The summed E-state index contributed by atoms with van der Waals surface area (Å²) in [6.45, 7) is 3.94. The summed E-state index contributed by atoms with van der Waals surface area (Å²) >= 11 is 0. The van der Waals surface area contributed by atoms with Crippen molar-refractivity contribution in [2.75, 3.05) is 31.3 Å². The first-order valence-electron chi connectivity index (χ1n) is 6.24. The van der Waals surface area contributed by atoms with Crippen molar-refractivity contribution in [3.8, 4) is 0 Å². The largest absolute Gasteiger partial charge is 0.397 e. The highest BCUT2D eigenvalue weighted by Crippen LogP contribution is 2.48. The molecule has 94 valence electrons. The second kappa shape index (κ2) is 4.96. The van der Waals surface area contributed by atoms with Crippen LogP contribution in [0.1, 0.15) is 24.8 Å². The molecule has 3 nitrogen and oxygen atoms in total. The lowest BCUT2D eigenvalue weighted by molar-refractivity contribution is 0.175. The maximum atomic E-state index is 5.95. The second-order valence-corrected chi connectivity index (χ2v) is 5.19. The normalized spacial score (nSPS) is 16.8. The van der Waals surface area contributed by atoms with E-state index < -0.39 is 0 Å². The lowest BCUT2D eigenvalue weighted by Crippen LogP contribution is -2.18. The Kier molecular flexibility index (Phi) is 3.57. The minimum atomic E-state index is 0.451. The monoisotopic (exact) mass is 234 g/mol. The molecule has 0 radical (unpaired) electrons. The Morgan fingerprint density at radius 2 is 2.18 bits per heavy atom. The van der Waals surface area contributed by atoms with E-state index in [-0.39, 0.29) is 0 Å². The molecule has 0 saturated heterocycles. The Hall–Kier alpha value is -1.22. The fourth-order valence-corrected chi connectivity index (χ4v) is 2.12. The maximum Gasteiger partial charge on any atom is 0.0576 e. The number of benzene rings is 1. The van der Waals surface area contributed by atoms with Crippen LogP contribution in [-0.4, -0.2) is 20.3 Å². The van der Waals surface area contributed by atoms with Gasteiger partial charge in [0.05, 0.1) is 11.4 Å². The first kappa shape index (κ1) is 12.2. The number of ether oxygens (including phenoxy) is 1. The Bertz CT molecular complexity index is 386. The summed E-state index contributed by atoms with van der Waals surface area (Å²) < 4.78 is 5.16. The van der Waals surface area contributed by atoms with Gasteiger partial charge in [0, 0.05) is 20.3 Å². The lowest BCUT2D eigenvalue weighted by atomic mass is 10.0. The third-order valence-corrected chi connectivity index (χ3v) is 3.66. The molecule has 0 amide bonds. The van der Waals surface area contributed by atoms with Crippen LogP contribution in [0.15, 0.2) is 18.2 Å². The minimum absolute atomic E-state index is 0.451. The summed E-state index contributed by atoms with van der Waals surface area (Å²) in [6.07, 6.45) is 3.74. The van der Waals surface area contributed by atoms with E-state index in [1.165, 1.54) is 18.4 Å². The van der Waals surface area contributed by atoms with Crippen molar-refractivity contribution in [3.63, 3.8) is 0 Å². The number of hydrogen-bond acceptors (Lipinski definition) is 3. The first-order valence-corrected chi connectivity index (χ1v) is 6.24. The molecule has 0 spiro atoms. The van der Waals surface area contributed by atoms with E-state index >= 15 is 0 Å². The molecule has 0 aliphatic heterocycles. The lowest BCUT2D eigenvalue weighted by Gasteiger charge is -2.17. The van der Waals surface area contributed by atoms with Crippen LogP contribution in [0.25, 0.3) is 0 Å². The predicted octanol–water partition coefficient (Wildman–Crippen LogP) is 2.81. The molecule has 0 unspecified atom stereocenters. The van der Waals surface area contributed by atoms with Crippen molar-refractivity contribution in [3.05, 3.63) is 23.8 Å². The van der Waals surface area contributed by atoms with E-state index in [0.717, 1.165) is 30.9 Å². The van der Waals surface area contributed by atoms with E-state index in [2.05, 4.69) is 18.3 Å². The molecule has 1 aliphatic carbocycles. The van der Waals surface area contributed by atoms with Gasteiger partial charge < -0.3 is 15.8 Å². The SMILES string of the molecule is COCCC1(CNc2cc(C)ccc2N)CC1.